The van der Waals surface area contributed by atoms with E-state index in [0.717, 1.165) is 10.9 Å². The lowest BCUT2D eigenvalue weighted by molar-refractivity contribution is 0.0984. The highest BCUT2D eigenvalue weighted by Gasteiger charge is 2.20. The van der Waals surface area contributed by atoms with Crippen molar-refractivity contribution < 1.29 is 14.3 Å². The molecule has 6 heteroatoms. The van der Waals surface area contributed by atoms with E-state index in [9.17, 15) is 9.59 Å². The molecule has 0 aliphatic rings. The molecule has 32 heavy (non-hydrogen) atoms. The van der Waals surface area contributed by atoms with Crippen LogP contribution in [0.5, 0.6) is 11.5 Å². The second-order valence-electron chi connectivity index (χ2n) is 7.26. The van der Waals surface area contributed by atoms with Crippen molar-refractivity contribution in [3.8, 4) is 11.5 Å². The monoisotopic (exact) mass is 428 g/mol. The molecule has 3 aromatic carbocycles. The van der Waals surface area contributed by atoms with Gasteiger partial charge in [-0.2, -0.15) is 0 Å². The van der Waals surface area contributed by atoms with Crippen molar-refractivity contribution in [3.05, 3.63) is 100 Å². The fraction of sp³-hybridized carbons (Fsp3) is 0.154. The normalized spacial score (nSPS) is 10.7. The minimum atomic E-state index is -0.236. The van der Waals surface area contributed by atoms with Gasteiger partial charge in [0.05, 0.1) is 20.3 Å². The summed E-state index contributed by atoms with van der Waals surface area (Å²) in [5, 5.41) is 0.905. The third-order valence-corrected chi connectivity index (χ3v) is 5.18. The Labute approximate surface area is 186 Å². The third-order valence-electron chi connectivity index (χ3n) is 5.18. The number of ether oxygens (including phenoxy) is 2. The molecule has 1 N–H and O–H groups in total. The predicted octanol–water partition coefficient (Wildman–Crippen LogP) is 4.78. The standard InChI is InChI=1S/C26H24N2O4/c1-3-32-22-13-11-21(12-14-22)28(26(30)19-8-6-9-23(16-19)31-2)17-20-15-18-7-4-5-10-24(18)27-25(20)29/h4-16H,3,17H2,1-2H3,(H,27,29). The van der Waals surface area contributed by atoms with Crippen molar-refractivity contribution in [3.63, 3.8) is 0 Å². The van der Waals surface area contributed by atoms with Crippen LogP contribution in [-0.4, -0.2) is 24.6 Å². The first kappa shape index (κ1) is 21.2. The van der Waals surface area contributed by atoms with Crippen LogP contribution in [0.4, 0.5) is 5.69 Å². The van der Waals surface area contributed by atoms with Gasteiger partial charge in [0, 0.05) is 22.3 Å². The number of nitrogens with zero attached hydrogens (tertiary/aromatic N) is 1. The second kappa shape index (κ2) is 9.39. The number of aromatic amines is 1. The zero-order valence-electron chi connectivity index (χ0n) is 18.0. The number of aromatic nitrogens is 1. The number of methoxy groups -OCH3 is 1. The number of carbonyl (C=O) groups is 1. The molecule has 1 aromatic heterocycles. The zero-order chi connectivity index (χ0) is 22.5. The first-order valence-corrected chi connectivity index (χ1v) is 10.4. The molecule has 4 aromatic rings. The maximum Gasteiger partial charge on any atom is 0.258 e. The van der Waals surface area contributed by atoms with E-state index in [2.05, 4.69) is 4.98 Å². The summed E-state index contributed by atoms with van der Waals surface area (Å²) in [5.74, 6) is 1.07. The average Bonchev–Trinajstić information content (AvgIpc) is 2.83. The smallest absolute Gasteiger partial charge is 0.258 e. The van der Waals surface area contributed by atoms with E-state index < -0.39 is 0 Å². The number of benzene rings is 3. The lowest BCUT2D eigenvalue weighted by Crippen LogP contribution is -2.32. The van der Waals surface area contributed by atoms with Crippen LogP contribution in [-0.2, 0) is 6.54 Å². The Morgan fingerprint density at radius 2 is 1.72 bits per heavy atom. The van der Waals surface area contributed by atoms with Crippen LogP contribution in [0.15, 0.2) is 83.7 Å². The van der Waals surface area contributed by atoms with Crippen LogP contribution >= 0.6 is 0 Å². The molecular weight excluding hydrogens is 404 g/mol. The van der Waals surface area contributed by atoms with Gasteiger partial charge in [0.2, 0.25) is 0 Å². The van der Waals surface area contributed by atoms with Crippen LogP contribution in [0, 0.1) is 0 Å². The molecule has 0 aliphatic heterocycles. The Hall–Kier alpha value is -4.06. The van der Waals surface area contributed by atoms with Crippen molar-refractivity contribution in [2.45, 2.75) is 13.5 Å². The Balaban J connectivity index is 1.75. The number of amides is 1. The predicted molar refractivity (Wildman–Crippen MR) is 126 cm³/mol. The summed E-state index contributed by atoms with van der Waals surface area (Å²) in [5.41, 5.74) is 2.16. The largest absolute Gasteiger partial charge is 0.497 e. The molecule has 0 saturated heterocycles. The highest BCUT2D eigenvalue weighted by Crippen LogP contribution is 2.25. The van der Waals surface area contributed by atoms with E-state index >= 15 is 0 Å². The number of pyridine rings is 1. The highest BCUT2D eigenvalue weighted by atomic mass is 16.5. The lowest BCUT2D eigenvalue weighted by atomic mass is 10.1. The third kappa shape index (κ3) is 4.49. The molecule has 4 rings (SSSR count). The van der Waals surface area contributed by atoms with Crippen LogP contribution in [0.2, 0.25) is 0 Å². The Morgan fingerprint density at radius 3 is 2.47 bits per heavy atom. The van der Waals surface area contributed by atoms with Gasteiger partial charge in [-0.05, 0) is 66.9 Å². The van der Waals surface area contributed by atoms with E-state index in [1.165, 1.54) is 0 Å². The van der Waals surface area contributed by atoms with E-state index in [-0.39, 0.29) is 18.0 Å². The van der Waals surface area contributed by atoms with Crippen LogP contribution in [0.1, 0.15) is 22.8 Å². The van der Waals surface area contributed by atoms with E-state index in [1.807, 2.05) is 61.5 Å². The second-order valence-corrected chi connectivity index (χ2v) is 7.26. The summed E-state index contributed by atoms with van der Waals surface area (Å²) in [6.45, 7) is 2.58. The zero-order valence-corrected chi connectivity index (χ0v) is 18.0. The van der Waals surface area contributed by atoms with E-state index in [4.69, 9.17) is 9.47 Å². The molecule has 162 valence electrons. The van der Waals surface area contributed by atoms with Gasteiger partial charge in [-0.3, -0.25) is 9.59 Å². The molecule has 0 fully saturated rings. The van der Waals surface area contributed by atoms with Gasteiger partial charge in [0.1, 0.15) is 11.5 Å². The first-order chi connectivity index (χ1) is 15.6. The number of hydrogen-bond donors (Lipinski definition) is 1. The number of carbonyl (C=O) groups excluding carboxylic acids is 1. The fourth-order valence-electron chi connectivity index (χ4n) is 3.56. The molecule has 0 spiro atoms. The highest BCUT2D eigenvalue weighted by molar-refractivity contribution is 6.06. The topological polar surface area (TPSA) is 71.6 Å². The van der Waals surface area contributed by atoms with Crippen LogP contribution in [0.25, 0.3) is 10.9 Å². The maximum absolute atomic E-state index is 13.5. The van der Waals surface area contributed by atoms with Crippen molar-refractivity contribution in [1.29, 1.82) is 0 Å². The van der Waals surface area contributed by atoms with Crippen LogP contribution in [0.3, 0.4) is 0 Å². The van der Waals surface area contributed by atoms with Gasteiger partial charge < -0.3 is 19.4 Å². The molecule has 0 radical (unpaired) electrons. The number of fused-ring (bicyclic) bond motifs is 1. The molecule has 1 heterocycles. The van der Waals surface area contributed by atoms with Crippen molar-refractivity contribution in [1.82, 2.24) is 4.98 Å². The van der Waals surface area contributed by atoms with Gasteiger partial charge >= 0.3 is 0 Å². The quantitative estimate of drug-likeness (QED) is 0.460. The Kier molecular flexibility index (Phi) is 6.22. The SMILES string of the molecule is CCOc1ccc(N(Cc2cc3ccccc3[nH]c2=O)C(=O)c2cccc(OC)c2)cc1. The van der Waals surface area contributed by atoms with Gasteiger partial charge in [0.25, 0.3) is 11.5 Å². The van der Waals surface area contributed by atoms with Crippen molar-refractivity contribution in [2.24, 2.45) is 0 Å². The number of hydrogen-bond acceptors (Lipinski definition) is 4. The molecule has 0 bridgehead atoms. The molecule has 6 nitrogen and oxygen atoms in total. The van der Waals surface area contributed by atoms with Crippen LogP contribution < -0.4 is 19.9 Å². The number of anilines is 1. The van der Waals surface area contributed by atoms with Crippen molar-refractivity contribution in [2.75, 3.05) is 18.6 Å². The number of para-hydroxylation sites is 1. The summed E-state index contributed by atoms with van der Waals surface area (Å²) in [6, 6.07) is 23.6. The summed E-state index contributed by atoms with van der Waals surface area (Å²) < 4.78 is 10.8. The molecule has 1 amide bonds. The Morgan fingerprint density at radius 1 is 0.938 bits per heavy atom. The van der Waals surface area contributed by atoms with E-state index in [0.29, 0.717) is 34.9 Å². The molecule has 0 aliphatic carbocycles. The summed E-state index contributed by atoms with van der Waals surface area (Å²) in [6.07, 6.45) is 0. The minimum absolute atomic E-state index is 0.115. The van der Waals surface area contributed by atoms with Crippen molar-refractivity contribution >= 4 is 22.5 Å². The molecule has 0 atom stereocenters. The van der Waals surface area contributed by atoms with Gasteiger partial charge in [0.15, 0.2) is 0 Å². The number of nitrogens with one attached hydrogen (secondary N) is 1. The molecule has 0 saturated carbocycles. The van der Waals surface area contributed by atoms with Gasteiger partial charge in [-0.25, -0.2) is 0 Å². The summed E-state index contributed by atoms with van der Waals surface area (Å²) in [4.78, 5) is 30.8. The molecular formula is C26H24N2O4. The maximum atomic E-state index is 13.5. The first-order valence-electron chi connectivity index (χ1n) is 10.4. The lowest BCUT2D eigenvalue weighted by Gasteiger charge is -2.23. The number of H-pyrrole nitrogens is 1. The summed E-state index contributed by atoms with van der Waals surface area (Å²) >= 11 is 0. The molecule has 0 unspecified atom stereocenters. The minimum Gasteiger partial charge on any atom is -0.497 e. The summed E-state index contributed by atoms with van der Waals surface area (Å²) in [7, 11) is 1.56. The van der Waals surface area contributed by atoms with E-state index in [1.54, 1.807) is 36.3 Å². The fourth-order valence-corrected chi connectivity index (χ4v) is 3.56. The average molecular weight is 428 g/mol. The van der Waals surface area contributed by atoms with Gasteiger partial charge in [-0.1, -0.05) is 24.3 Å². The van der Waals surface area contributed by atoms with Gasteiger partial charge in [-0.15, -0.1) is 0 Å². The number of rotatable bonds is 7. The Bertz CT molecular complexity index is 1300.